The SMILES string of the molecule is CN(C)C(C(=O)OCc1ccccc1)C1CCC(C)(C)CC1. The molecule has 0 aromatic heterocycles. The largest absolute Gasteiger partial charge is 0.460 e. The molecule has 0 N–H and O–H groups in total. The fraction of sp³-hybridized carbons (Fsp3) is 0.632. The zero-order valence-corrected chi connectivity index (χ0v) is 14.3. The van der Waals surface area contributed by atoms with Crippen molar-refractivity contribution in [3.05, 3.63) is 35.9 Å². The smallest absolute Gasteiger partial charge is 0.323 e. The molecule has 0 bridgehead atoms. The molecule has 0 radical (unpaired) electrons. The minimum absolute atomic E-state index is 0.0847. The molecule has 0 aliphatic heterocycles. The van der Waals surface area contributed by atoms with Crippen molar-refractivity contribution >= 4 is 5.97 Å². The molecule has 1 atom stereocenters. The van der Waals surface area contributed by atoms with Gasteiger partial charge in [-0.25, -0.2) is 0 Å². The van der Waals surface area contributed by atoms with Gasteiger partial charge in [0, 0.05) is 0 Å². The predicted molar refractivity (Wildman–Crippen MR) is 89.5 cm³/mol. The molecule has 1 aromatic carbocycles. The second-order valence-corrected chi connectivity index (χ2v) is 7.50. The first-order valence-electron chi connectivity index (χ1n) is 8.26. The van der Waals surface area contributed by atoms with Gasteiger partial charge in [0.2, 0.25) is 0 Å². The fourth-order valence-corrected chi connectivity index (χ4v) is 3.38. The Kier molecular flexibility index (Phi) is 5.63. The van der Waals surface area contributed by atoms with Gasteiger partial charge in [-0.05, 0) is 56.7 Å². The molecule has 122 valence electrons. The summed E-state index contributed by atoms with van der Waals surface area (Å²) in [5, 5.41) is 0. The van der Waals surface area contributed by atoms with Crippen molar-refractivity contribution in [2.45, 2.75) is 52.2 Å². The molecule has 2 rings (SSSR count). The summed E-state index contributed by atoms with van der Waals surface area (Å²) in [7, 11) is 3.96. The van der Waals surface area contributed by atoms with Gasteiger partial charge in [0.1, 0.15) is 12.6 Å². The third-order valence-electron chi connectivity index (χ3n) is 4.85. The van der Waals surface area contributed by atoms with E-state index in [9.17, 15) is 4.79 Å². The highest BCUT2D eigenvalue weighted by atomic mass is 16.5. The Morgan fingerprint density at radius 2 is 1.82 bits per heavy atom. The molecule has 0 heterocycles. The molecule has 22 heavy (non-hydrogen) atoms. The Labute approximate surface area is 134 Å². The lowest BCUT2D eigenvalue weighted by atomic mass is 9.71. The number of ether oxygens (including phenoxy) is 1. The average Bonchev–Trinajstić information content (AvgIpc) is 2.48. The van der Waals surface area contributed by atoms with Crippen LogP contribution in [-0.4, -0.2) is 31.0 Å². The number of carbonyl (C=O) groups excluding carboxylic acids is 1. The van der Waals surface area contributed by atoms with Gasteiger partial charge >= 0.3 is 5.97 Å². The van der Waals surface area contributed by atoms with Crippen molar-refractivity contribution in [1.29, 1.82) is 0 Å². The first-order chi connectivity index (χ1) is 10.4. The van der Waals surface area contributed by atoms with E-state index < -0.39 is 0 Å². The third kappa shape index (κ3) is 4.57. The highest BCUT2D eigenvalue weighted by Gasteiger charge is 2.36. The predicted octanol–water partition coefficient (Wildman–Crippen LogP) is 3.88. The quantitative estimate of drug-likeness (QED) is 0.773. The fourth-order valence-electron chi connectivity index (χ4n) is 3.38. The number of likely N-dealkylation sites (N-methyl/N-ethyl adjacent to an activating group) is 1. The van der Waals surface area contributed by atoms with Crippen molar-refractivity contribution in [1.82, 2.24) is 4.90 Å². The van der Waals surface area contributed by atoms with Gasteiger partial charge in [-0.3, -0.25) is 9.69 Å². The van der Waals surface area contributed by atoms with Crippen LogP contribution < -0.4 is 0 Å². The van der Waals surface area contributed by atoms with E-state index in [1.54, 1.807) is 0 Å². The highest BCUT2D eigenvalue weighted by molar-refractivity contribution is 5.76. The van der Waals surface area contributed by atoms with E-state index in [-0.39, 0.29) is 12.0 Å². The summed E-state index contributed by atoms with van der Waals surface area (Å²) in [6.07, 6.45) is 4.59. The summed E-state index contributed by atoms with van der Waals surface area (Å²) in [5.74, 6) is 0.324. The van der Waals surface area contributed by atoms with E-state index in [4.69, 9.17) is 4.74 Å². The van der Waals surface area contributed by atoms with E-state index in [1.165, 1.54) is 12.8 Å². The maximum atomic E-state index is 12.6. The molecule has 1 aliphatic carbocycles. The average molecular weight is 303 g/mol. The lowest BCUT2D eigenvalue weighted by Gasteiger charge is -2.39. The summed E-state index contributed by atoms with van der Waals surface area (Å²) >= 11 is 0. The Bertz CT molecular complexity index is 471. The number of carbonyl (C=O) groups is 1. The van der Waals surface area contributed by atoms with Crippen molar-refractivity contribution in [2.75, 3.05) is 14.1 Å². The van der Waals surface area contributed by atoms with Crippen LogP contribution in [-0.2, 0) is 16.1 Å². The molecule has 1 aromatic rings. The summed E-state index contributed by atoms with van der Waals surface area (Å²) in [5.41, 5.74) is 1.46. The van der Waals surface area contributed by atoms with Crippen LogP contribution in [0.2, 0.25) is 0 Å². The monoisotopic (exact) mass is 303 g/mol. The van der Waals surface area contributed by atoms with Gasteiger partial charge in [0.25, 0.3) is 0 Å². The topological polar surface area (TPSA) is 29.5 Å². The van der Waals surface area contributed by atoms with Crippen molar-refractivity contribution in [3.63, 3.8) is 0 Å². The van der Waals surface area contributed by atoms with Gasteiger partial charge in [-0.15, -0.1) is 0 Å². The number of esters is 1. The molecule has 1 unspecified atom stereocenters. The van der Waals surface area contributed by atoms with E-state index in [2.05, 4.69) is 13.8 Å². The molecule has 3 heteroatoms. The van der Waals surface area contributed by atoms with Gasteiger partial charge in [0.15, 0.2) is 0 Å². The van der Waals surface area contributed by atoms with Crippen LogP contribution in [0, 0.1) is 11.3 Å². The first kappa shape index (κ1) is 17.0. The van der Waals surface area contributed by atoms with E-state index in [0.29, 0.717) is 17.9 Å². The second kappa shape index (κ2) is 7.28. The van der Waals surface area contributed by atoms with Crippen LogP contribution in [0.15, 0.2) is 30.3 Å². The van der Waals surface area contributed by atoms with Gasteiger partial charge < -0.3 is 4.74 Å². The molecular formula is C19H29NO2. The minimum Gasteiger partial charge on any atom is -0.460 e. The van der Waals surface area contributed by atoms with E-state index >= 15 is 0 Å². The molecule has 3 nitrogen and oxygen atoms in total. The van der Waals surface area contributed by atoms with Crippen LogP contribution in [0.4, 0.5) is 0 Å². The number of hydrogen-bond acceptors (Lipinski definition) is 3. The van der Waals surface area contributed by atoms with E-state index in [0.717, 1.165) is 18.4 Å². The molecule has 0 saturated heterocycles. The van der Waals surface area contributed by atoms with Crippen LogP contribution in [0.3, 0.4) is 0 Å². The Morgan fingerprint density at radius 1 is 1.23 bits per heavy atom. The van der Waals surface area contributed by atoms with Crippen molar-refractivity contribution < 1.29 is 9.53 Å². The Balaban J connectivity index is 1.94. The lowest BCUT2D eigenvalue weighted by molar-refractivity contribution is -0.153. The van der Waals surface area contributed by atoms with Crippen LogP contribution >= 0.6 is 0 Å². The molecule has 1 saturated carbocycles. The van der Waals surface area contributed by atoms with E-state index in [1.807, 2.05) is 49.3 Å². The minimum atomic E-state index is -0.125. The number of nitrogens with zero attached hydrogens (tertiary/aromatic N) is 1. The maximum Gasteiger partial charge on any atom is 0.323 e. The molecule has 1 aliphatic rings. The van der Waals surface area contributed by atoms with Crippen LogP contribution in [0.1, 0.15) is 45.1 Å². The Morgan fingerprint density at radius 3 is 2.36 bits per heavy atom. The van der Waals surface area contributed by atoms with Crippen LogP contribution in [0.25, 0.3) is 0 Å². The van der Waals surface area contributed by atoms with Crippen LogP contribution in [0.5, 0.6) is 0 Å². The molecule has 0 amide bonds. The highest BCUT2D eigenvalue weighted by Crippen LogP contribution is 2.40. The van der Waals surface area contributed by atoms with Gasteiger partial charge in [-0.2, -0.15) is 0 Å². The number of benzene rings is 1. The van der Waals surface area contributed by atoms with Gasteiger partial charge in [0.05, 0.1) is 0 Å². The van der Waals surface area contributed by atoms with Crippen molar-refractivity contribution in [3.8, 4) is 0 Å². The summed E-state index contributed by atoms with van der Waals surface area (Å²) in [4.78, 5) is 14.6. The summed E-state index contributed by atoms with van der Waals surface area (Å²) < 4.78 is 5.58. The first-order valence-corrected chi connectivity index (χ1v) is 8.26. The lowest BCUT2D eigenvalue weighted by Crippen LogP contribution is -2.45. The zero-order valence-electron chi connectivity index (χ0n) is 14.3. The van der Waals surface area contributed by atoms with Gasteiger partial charge in [-0.1, -0.05) is 44.2 Å². The third-order valence-corrected chi connectivity index (χ3v) is 4.85. The maximum absolute atomic E-state index is 12.6. The summed E-state index contributed by atoms with van der Waals surface area (Å²) in [6, 6.07) is 9.76. The number of rotatable bonds is 5. The second-order valence-electron chi connectivity index (χ2n) is 7.50. The van der Waals surface area contributed by atoms with Crippen molar-refractivity contribution in [2.24, 2.45) is 11.3 Å². The molecular weight excluding hydrogens is 274 g/mol. The zero-order chi connectivity index (χ0) is 16.2. The molecule has 0 spiro atoms. The molecule has 1 fully saturated rings. The Hall–Kier alpha value is -1.35. The normalized spacial score (nSPS) is 19.9. The standard InChI is InChI=1S/C19H29NO2/c1-19(2)12-10-16(11-13-19)17(20(3)4)18(21)22-14-15-8-6-5-7-9-15/h5-9,16-17H,10-14H2,1-4H3. The summed E-state index contributed by atoms with van der Waals surface area (Å²) in [6.45, 7) is 5.01. The number of hydrogen-bond donors (Lipinski definition) is 0.